The van der Waals surface area contributed by atoms with Crippen molar-refractivity contribution in [3.8, 4) is 0 Å². The Morgan fingerprint density at radius 1 is 1.67 bits per heavy atom. The van der Waals surface area contributed by atoms with E-state index >= 15 is 0 Å². The van der Waals surface area contributed by atoms with Gasteiger partial charge in [0, 0.05) is 0 Å². The van der Waals surface area contributed by atoms with Gasteiger partial charge in [0.25, 0.3) is 0 Å². The molecule has 0 fully saturated rings. The fraction of sp³-hybridized carbons (Fsp3) is 1.00. The minimum absolute atomic E-state index is 0.624. The molecule has 0 aromatic heterocycles. The van der Waals surface area contributed by atoms with Crippen molar-refractivity contribution in [3.63, 3.8) is 0 Å². The number of alkyl halides is 1. The van der Waals surface area contributed by atoms with Gasteiger partial charge in [0.1, 0.15) is 0 Å². The van der Waals surface area contributed by atoms with Crippen LogP contribution in [0, 0.1) is 0 Å². The third kappa shape index (κ3) is 4.11. The van der Waals surface area contributed by atoms with E-state index in [9.17, 15) is 4.39 Å². The summed E-state index contributed by atoms with van der Waals surface area (Å²) < 4.78 is 15.5. The van der Waals surface area contributed by atoms with Gasteiger partial charge in [-0.1, -0.05) is 0 Å². The molecule has 0 atom stereocenters. The van der Waals surface area contributed by atoms with E-state index in [1.54, 1.807) is 0 Å². The zero-order valence-electron chi connectivity index (χ0n) is 3.99. The molecule has 0 aliphatic rings. The van der Waals surface area contributed by atoms with Crippen molar-refractivity contribution in [3.05, 3.63) is 0 Å². The summed E-state index contributed by atoms with van der Waals surface area (Å²) in [5.74, 6) is 0. The van der Waals surface area contributed by atoms with Crippen molar-refractivity contribution in [2.75, 3.05) is 6.86 Å². The minimum Gasteiger partial charge on any atom is -0.391 e. The summed E-state index contributed by atoms with van der Waals surface area (Å²) in [6.07, 6.45) is 0. The maximum Gasteiger partial charge on any atom is 0.208 e. The summed E-state index contributed by atoms with van der Waals surface area (Å²) in [7, 11) is -0.761. The molecule has 37 valence electrons. The number of hydrogen-bond donors (Lipinski definition) is 0. The molecular formula is C3H8FOSi. The zero-order valence-corrected chi connectivity index (χ0v) is 4.99. The molecule has 0 aliphatic heterocycles. The van der Waals surface area contributed by atoms with Crippen molar-refractivity contribution in [1.82, 2.24) is 0 Å². The first kappa shape index (κ1) is 6.11. The zero-order chi connectivity index (χ0) is 4.99. The second kappa shape index (κ2) is 3.30. The van der Waals surface area contributed by atoms with Gasteiger partial charge < -0.3 is 4.43 Å². The van der Waals surface area contributed by atoms with Gasteiger partial charge in [-0.3, -0.25) is 0 Å². The van der Waals surface area contributed by atoms with Crippen LogP contribution >= 0.6 is 0 Å². The highest BCUT2D eigenvalue weighted by molar-refractivity contribution is 6.48. The Hall–Kier alpha value is 0.107. The number of halogens is 1. The second-order valence-corrected chi connectivity index (χ2v) is 3.27. The molecule has 0 aromatic carbocycles. The van der Waals surface area contributed by atoms with Crippen LogP contribution in [0.25, 0.3) is 0 Å². The molecule has 1 radical (unpaired) electrons. The van der Waals surface area contributed by atoms with Gasteiger partial charge >= 0.3 is 0 Å². The van der Waals surface area contributed by atoms with Gasteiger partial charge in [0.2, 0.25) is 9.04 Å². The van der Waals surface area contributed by atoms with E-state index in [4.69, 9.17) is 0 Å². The van der Waals surface area contributed by atoms with Crippen LogP contribution in [0.2, 0.25) is 13.1 Å². The van der Waals surface area contributed by atoms with Crippen molar-refractivity contribution in [2.45, 2.75) is 13.1 Å². The molecule has 0 spiro atoms. The first-order chi connectivity index (χ1) is 2.77. The van der Waals surface area contributed by atoms with Crippen LogP contribution in [0.5, 0.6) is 0 Å². The molecule has 0 aromatic rings. The van der Waals surface area contributed by atoms with E-state index in [0.717, 1.165) is 0 Å². The Morgan fingerprint density at radius 3 is 2.17 bits per heavy atom. The summed E-state index contributed by atoms with van der Waals surface area (Å²) in [4.78, 5) is 0. The molecule has 0 amide bonds. The van der Waals surface area contributed by atoms with E-state index in [2.05, 4.69) is 4.43 Å². The van der Waals surface area contributed by atoms with E-state index in [1.807, 2.05) is 13.1 Å². The average Bonchev–Trinajstić information content (AvgIpc) is 1.35. The summed E-state index contributed by atoms with van der Waals surface area (Å²) in [5, 5.41) is 0. The van der Waals surface area contributed by atoms with Crippen LogP contribution in [-0.4, -0.2) is 15.9 Å². The van der Waals surface area contributed by atoms with Gasteiger partial charge in [0.15, 0.2) is 6.86 Å². The largest absolute Gasteiger partial charge is 0.391 e. The smallest absolute Gasteiger partial charge is 0.208 e. The molecule has 0 rings (SSSR count). The number of hydrogen-bond acceptors (Lipinski definition) is 1. The third-order valence-corrected chi connectivity index (χ3v) is 1.03. The summed E-state index contributed by atoms with van der Waals surface area (Å²) in [5.41, 5.74) is 0. The van der Waals surface area contributed by atoms with Gasteiger partial charge in [-0.2, -0.15) is 0 Å². The first-order valence-corrected chi connectivity index (χ1v) is 4.17. The lowest BCUT2D eigenvalue weighted by molar-refractivity contribution is 0.194. The first-order valence-electron chi connectivity index (χ1n) is 1.76. The Labute approximate surface area is 38.8 Å². The van der Waals surface area contributed by atoms with E-state index in [0.29, 0.717) is 0 Å². The standard InChI is InChI=1S/C3H8FOSi/c1-6(2)5-3-4/h3H2,1-2H3. The van der Waals surface area contributed by atoms with Gasteiger partial charge in [-0.15, -0.1) is 0 Å². The minimum atomic E-state index is -0.761. The van der Waals surface area contributed by atoms with Crippen molar-refractivity contribution >= 4 is 9.04 Å². The van der Waals surface area contributed by atoms with E-state index in [-0.39, 0.29) is 0 Å². The molecule has 0 aliphatic carbocycles. The van der Waals surface area contributed by atoms with Gasteiger partial charge in [0.05, 0.1) is 0 Å². The molecule has 1 nitrogen and oxygen atoms in total. The maximum atomic E-state index is 11.0. The molecular weight excluding hydrogens is 99.1 g/mol. The van der Waals surface area contributed by atoms with Crippen LogP contribution in [0.3, 0.4) is 0 Å². The predicted molar refractivity (Wildman–Crippen MR) is 24.5 cm³/mol. The van der Waals surface area contributed by atoms with Gasteiger partial charge in [-0.05, 0) is 13.1 Å². The third-order valence-electron chi connectivity index (χ3n) is 0.343. The van der Waals surface area contributed by atoms with Crippen LogP contribution in [0.15, 0.2) is 0 Å². The molecule has 6 heavy (non-hydrogen) atoms. The molecule has 0 saturated carbocycles. The lowest BCUT2D eigenvalue weighted by Crippen LogP contribution is -2.04. The highest BCUT2D eigenvalue weighted by Gasteiger charge is 1.91. The van der Waals surface area contributed by atoms with E-state index in [1.165, 1.54) is 0 Å². The van der Waals surface area contributed by atoms with Crippen molar-refractivity contribution < 1.29 is 8.82 Å². The Kier molecular flexibility index (Phi) is 3.36. The summed E-state index contributed by atoms with van der Waals surface area (Å²) in [6, 6.07) is 0. The monoisotopic (exact) mass is 107 g/mol. The van der Waals surface area contributed by atoms with Gasteiger partial charge in [-0.25, -0.2) is 4.39 Å². The summed E-state index contributed by atoms with van der Waals surface area (Å²) in [6.45, 7) is 3.16. The lowest BCUT2D eigenvalue weighted by atomic mass is 11.6. The Morgan fingerprint density at radius 2 is 2.17 bits per heavy atom. The fourth-order valence-corrected chi connectivity index (χ4v) is 0.327. The van der Waals surface area contributed by atoms with Crippen molar-refractivity contribution in [1.29, 1.82) is 0 Å². The highest BCUT2D eigenvalue weighted by Crippen LogP contribution is 1.80. The SMILES string of the molecule is C[Si](C)OCF. The van der Waals surface area contributed by atoms with E-state index < -0.39 is 15.9 Å². The molecule has 0 bridgehead atoms. The normalized spacial score (nSPS) is 10.0. The Balaban J connectivity index is 2.63. The van der Waals surface area contributed by atoms with Crippen LogP contribution in [0.4, 0.5) is 4.39 Å². The topological polar surface area (TPSA) is 9.23 Å². The molecule has 0 heterocycles. The molecule has 0 saturated heterocycles. The quantitative estimate of drug-likeness (QED) is 0.481. The molecule has 0 unspecified atom stereocenters. The fourth-order valence-electron chi connectivity index (χ4n) is 0.109. The second-order valence-electron chi connectivity index (χ2n) is 1.16. The van der Waals surface area contributed by atoms with Crippen LogP contribution < -0.4 is 0 Å². The van der Waals surface area contributed by atoms with Crippen LogP contribution in [0.1, 0.15) is 0 Å². The highest BCUT2D eigenvalue weighted by atomic mass is 28.3. The average molecular weight is 107 g/mol. The lowest BCUT2D eigenvalue weighted by Gasteiger charge is -1.95. The summed E-state index contributed by atoms with van der Waals surface area (Å²) >= 11 is 0. The van der Waals surface area contributed by atoms with Crippen LogP contribution in [-0.2, 0) is 4.43 Å². The predicted octanol–water partition coefficient (Wildman–Crippen LogP) is 1.18. The van der Waals surface area contributed by atoms with Crippen molar-refractivity contribution in [2.24, 2.45) is 0 Å². The molecule has 0 N–H and O–H groups in total. The maximum absolute atomic E-state index is 11.0. The molecule has 3 heteroatoms. The Bertz CT molecular complexity index is 32.0. The number of rotatable bonds is 2.